The molecule has 1 unspecified atom stereocenters. The minimum atomic E-state index is -0.724. The summed E-state index contributed by atoms with van der Waals surface area (Å²) in [4.78, 5) is 25.2. The number of carbonyl (C=O) groups is 1. The maximum Gasteiger partial charge on any atom is 0.304 e. The number of anilines is 1. The molecule has 1 aromatic carbocycles. The zero-order valence-corrected chi connectivity index (χ0v) is 21.5. The molecule has 2 saturated heterocycles. The lowest BCUT2D eigenvalue weighted by Crippen LogP contribution is -2.54. The fourth-order valence-corrected chi connectivity index (χ4v) is 5.93. The van der Waals surface area contributed by atoms with E-state index in [2.05, 4.69) is 9.80 Å². The molecule has 5 rings (SSSR count). The van der Waals surface area contributed by atoms with E-state index in [0.29, 0.717) is 28.4 Å². The predicted octanol–water partition coefficient (Wildman–Crippen LogP) is 4.67. The second-order valence-corrected chi connectivity index (χ2v) is 10.6. The minimum Gasteiger partial charge on any atom is -0.481 e. The third-order valence-electron chi connectivity index (χ3n) is 7.42. The average molecular weight is 517 g/mol. The molecule has 186 valence electrons. The van der Waals surface area contributed by atoms with E-state index < -0.39 is 5.97 Å². The fraction of sp³-hybridized carbons (Fsp3) is 0.520. The third-order valence-corrected chi connectivity index (χ3v) is 7.98. The number of fused-ring (bicyclic) bond motifs is 1. The summed E-state index contributed by atoms with van der Waals surface area (Å²) in [6, 6.07) is 5.39. The summed E-state index contributed by atoms with van der Waals surface area (Å²) in [5, 5.41) is 14.9. The lowest BCUT2D eigenvalue weighted by atomic mass is 9.80. The number of aryl methyl sites for hydroxylation is 1. The molecule has 2 aliphatic rings. The first-order valence-electron chi connectivity index (χ1n) is 12.2. The number of halogens is 2. The van der Waals surface area contributed by atoms with Crippen molar-refractivity contribution in [2.75, 3.05) is 37.6 Å². The Labute approximate surface area is 214 Å². The number of benzene rings is 1. The van der Waals surface area contributed by atoms with Gasteiger partial charge in [-0.3, -0.25) is 4.79 Å². The van der Waals surface area contributed by atoms with Crippen molar-refractivity contribution < 1.29 is 9.90 Å². The highest BCUT2D eigenvalue weighted by atomic mass is 35.5. The summed E-state index contributed by atoms with van der Waals surface area (Å²) >= 11 is 12.6. The summed E-state index contributed by atoms with van der Waals surface area (Å²) in [7, 11) is 0. The van der Waals surface area contributed by atoms with Crippen LogP contribution in [0.5, 0.6) is 0 Å². The largest absolute Gasteiger partial charge is 0.481 e. The molecular weight excluding hydrogens is 487 g/mol. The first-order chi connectivity index (χ1) is 16.8. The Morgan fingerprint density at radius 1 is 1.23 bits per heavy atom. The predicted molar refractivity (Wildman–Crippen MR) is 137 cm³/mol. The number of hydrogen-bond donors (Lipinski definition) is 1. The van der Waals surface area contributed by atoms with Crippen molar-refractivity contribution in [1.29, 1.82) is 0 Å². The first kappa shape index (κ1) is 24.3. The average Bonchev–Trinajstić information content (AvgIpc) is 3.12. The molecule has 10 heteroatoms. The molecule has 2 fully saturated rings. The number of carboxylic acids is 1. The van der Waals surface area contributed by atoms with E-state index >= 15 is 0 Å². The van der Waals surface area contributed by atoms with E-state index in [1.54, 1.807) is 6.07 Å². The van der Waals surface area contributed by atoms with Crippen LogP contribution < -0.4 is 4.90 Å². The van der Waals surface area contributed by atoms with E-state index in [-0.39, 0.29) is 12.5 Å². The van der Waals surface area contributed by atoms with Crippen LogP contribution in [-0.4, -0.2) is 68.4 Å². The van der Waals surface area contributed by atoms with Gasteiger partial charge in [-0.25, -0.2) is 14.6 Å². The Balaban J connectivity index is 1.30. The van der Waals surface area contributed by atoms with Crippen LogP contribution in [0.1, 0.15) is 43.5 Å². The molecule has 3 aromatic rings. The molecule has 1 N–H and O–H groups in total. The van der Waals surface area contributed by atoms with Crippen LogP contribution >= 0.6 is 23.2 Å². The number of aromatic nitrogens is 4. The van der Waals surface area contributed by atoms with Crippen LogP contribution in [0.3, 0.4) is 0 Å². The molecule has 0 radical (unpaired) electrons. The first-order valence-corrected chi connectivity index (χ1v) is 12.9. The summed E-state index contributed by atoms with van der Waals surface area (Å²) < 4.78 is 1.90. The molecule has 2 atom stereocenters. The van der Waals surface area contributed by atoms with Crippen molar-refractivity contribution in [1.82, 2.24) is 24.6 Å². The molecule has 8 nitrogen and oxygen atoms in total. The molecule has 0 aliphatic carbocycles. The topological polar surface area (TPSA) is 87.4 Å². The quantitative estimate of drug-likeness (QED) is 0.487. The Morgan fingerprint density at radius 3 is 2.77 bits per heavy atom. The van der Waals surface area contributed by atoms with Crippen molar-refractivity contribution >= 4 is 46.2 Å². The number of rotatable bonds is 7. The summed E-state index contributed by atoms with van der Waals surface area (Å²) in [5.41, 5.74) is 3.31. The molecular formula is C25H30Cl2N6O2. The molecule has 0 saturated carbocycles. The van der Waals surface area contributed by atoms with Crippen LogP contribution in [-0.2, 0) is 4.79 Å². The minimum absolute atomic E-state index is 0.122. The van der Waals surface area contributed by atoms with Gasteiger partial charge in [-0.1, -0.05) is 29.3 Å². The van der Waals surface area contributed by atoms with E-state index in [1.165, 1.54) is 6.42 Å². The Bertz CT molecular complexity index is 1240. The van der Waals surface area contributed by atoms with Crippen LogP contribution in [0.15, 0.2) is 24.4 Å². The number of nitrogens with zero attached hydrogens (tertiary/aromatic N) is 6. The Kier molecular flexibility index (Phi) is 6.88. The SMILES string of the molecule is Cc1nn([C@H](C)c2ccc(Cl)cc2Cl)c2nc(N3CC(C4CCCN(CCC(=O)O)C4)C3)cnc12. The normalized spacial score (nSPS) is 20.2. The van der Waals surface area contributed by atoms with Gasteiger partial charge in [-0.05, 0) is 62.8 Å². The highest BCUT2D eigenvalue weighted by molar-refractivity contribution is 6.35. The number of carboxylic acid groups (broad SMARTS) is 1. The number of aliphatic carboxylic acids is 1. The summed E-state index contributed by atoms with van der Waals surface area (Å²) in [5.74, 6) is 1.34. The molecule has 0 amide bonds. The van der Waals surface area contributed by atoms with Gasteiger partial charge in [0.15, 0.2) is 5.65 Å². The maximum absolute atomic E-state index is 10.9. The van der Waals surface area contributed by atoms with Gasteiger partial charge in [-0.15, -0.1) is 0 Å². The van der Waals surface area contributed by atoms with Gasteiger partial charge in [0.25, 0.3) is 0 Å². The lowest BCUT2D eigenvalue weighted by molar-refractivity contribution is -0.137. The van der Waals surface area contributed by atoms with E-state index in [9.17, 15) is 4.79 Å². The second kappa shape index (κ2) is 9.91. The number of hydrogen-bond acceptors (Lipinski definition) is 6. The van der Waals surface area contributed by atoms with Crippen LogP contribution in [0.25, 0.3) is 11.2 Å². The molecule has 0 bridgehead atoms. The highest BCUT2D eigenvalue weighted by Gasteiger charge is 2.36. The van der Waals surface area contributed by atoms with Gasteiger partial charge < -0.3 is 14.9 Å². The van der Waals surface area contributed by atoms with Crippen LogP contribution in [0, 0.1) is 18.8 Å². The zero-order valence-electron chi connectivity index (χ0n) is 20.0. The van der Waals surface area contributed by atoms with Gasteiger partial charge in [0.2, 0.25) is 0 Å². The Morgan fingerprint density at radius 2 is 2.03 bits per heavy atom. The van der Waals surface area contributed by atoms with Crippen LogP contribution in [0.4, 0.5) is 5.82 Å². The summed E-state index contributed by atoms with van der Waals surface area (Å²) in [6.07, 6.45) is 4.40. The van der Waals surface area contributed by atoms with E-state index in [1.807, 2.05) is 36.9 Å². The zero-order chi connectivity index (χ0) is 24.7. The highest BCUT2D eigenvalue weighted by Crippen LogP contribution is 2.35. The smallest absolute Gasteiger partial charge is 0.304 e. The standard InChI is InChI=1S/C25H30Cl2N6O2/c1-15-24-25(33(30-15)16(2)20-6-5-19(26)10-21(20)27)29-22(11-28-24)32-13-18(14-32)17-4-3-8-31(12-17)9-7-23(34)35/h5-6,10-11,16-18H,3-4,7-9,12-14H2,1-2H3,(H,34,35)/t16-,17?/m1/s1. The van der Waals surface area contributed by atoms with Crippen molar-refractivity contribution in [2.24, 2.45) is 11.8 Å². The van der Waals surface area contributed by atoms with Crippen molar-refractivity contribution in [3.8, 4) is 0 Å². The van der Waals surface area contributed by atoms with E-state index in [4.69, 9.17) is 43.4 Å². The lowest BCUT2D eigenvalue weighted by Gasteiger charge is -2.47. The van der Waals surface area contributed by atoms with Crippen molar-refractivity contribution in [3.63, 3.8) is 0 Å². The van der Waals surface area contributed by atoms with Crippen LogP contribution in [0.2, 0.25) is 10.0 Å². The number of likely N-dealkylation sites (tertiary alicyclic amines) is 1. The van der Waals surface area contributed by atoms with E-state index in [0.717, 1.165) is 60.8 Å². The van der Waals surface area contributed by atoms with Gasteiger partial charge >= 0.3 is 5.97 Å². The molecule has 0 spiro atoms. The monoisotopic (exact) mass is 516 g/mol. The molecule has 2 aromatic heterocycles. The molecule has 35 heavy (non-hydrogen) atoms. The van der Waals surface area contributed by atoms with Gasteiger partial charge in [0.05, 0.1) is 24.4 Å². The third kappa shape index (κ3) is 4.97. The fourth-order valence-electron chi connectivity index (χ4n) is 5.37. The van der Waals surface area contributed by atoms with Crippen molar-refractivity contribution in [3.05, 3.63) is 45.7 Å². The van der Waals surface area contributed by atoms with Gasteiger partial charge in [-0.2, -0.15) is 5.10 Å². The molecule has 2 aliphatic heterocycles. The summed E-state index contributed by atoms with van der Waals surface area (Å²) in [6.45, 7) is 8.52. The van der Waals surface area contributed by atoms with Crippen molar-refractivity contribution in [2.45, 2.75) is 39.2 Å². The van der Waals surface area contributed by atoms with Gasteiger partial charge in [0, 0.05) is 36.2 Å². The second-order valence-electron chi connectivity index (χ2n) is 9.78. The Hall–Kier alpha value is -2.42. The maximum atomic E-state index is 10.9. The number of piperidine rings is 1. The molecule has 4 heterocycles. The van der Waals surface area contributed by atoms with Gasteiger partial charge in [0.1, 0.15) is 11.3 Å².